The predicted molar refractivity (Wildman–Crippen MR) is 330 cm³/mol. The lowest BCUT2D eigenvalue weighted by Crippen LogP contribution is -2.30. The van der Waals surface area contributed by atoms with Crippen LogP contribution in [0.5, 0.6) is 0 Å². The fraction of sp³-hybridized carbons (Fsp3) is 0.814. The summed E-state index contributed by atoms with van der Waals surface area (Å²) in [4.78, 5) is 38.4. The Morgan fingerprint density at radius 2 is 0.474 bits per heavy atom. The van der Waals surface area contributed by atoms with E-state index in [0.29, 0.717) is 19.3 Å². The Morgan fingerprint density at radius 1 is 0.263 bits per heavy atom. The first-order valence-electron chi connectivity index (χ1n) is 33.3. The van der Waals surface area contributed by atoms with Gasteiger partial charge in [-0.15, -0.1) is 0 Å². The second-order valence-corrected chi connectivity index (χ2v) is 22.4. The minimum atomic E-state index is -0.781. The summed E-state index contributed by atoms with van der Waals surface area (Å²) in [5.41, 5.74) is 0. The number of ether oxygens (including phenoxy) is 3. The molecule has 0 saturated heterocycles. The Bertz CT molecular complexity index is 1360. The molecule has 0 bridgehead atoms. The van der Waals surface area contributed by atoms with Crippen molar-refractivity contribution in [1.82, 2.24) is 0 Å². The van der Waals surface area contributed by atoms with E-state index >= 15 is 0 Å². The van der Waals surface area contributed by atoms with Crippen molar-refractivity contribution in [3.05, 3.63) is 60.8 Å². The number of rotatable bonds is 61. The van der Waals surface area contributed by atoms with Crippen molar-refractivity contribution in [3.63, 3.8) is 0 Å². The number of allylic oxidation sites excluding steroid dienone is 10. The van der Waals surface area contributed by atoms with Gasteiger partial charge in [0.1, 0.15) is 13.2 Å². The zero-order valence-corrected chi connectivity index (χ0v) is 50.8. The summed E-state index contributed by atoms with van der Waals surface area (Å²) in [6.45, 7) is 6.63. The third kappa shape index (κ3) is 62.0. The van der Waals surface area contributed by atoms with Crippen molar-refractivity contribution in [3.8, 4) is 0 Å². The maximum absolute atomic E-state index is 12.9. The van der Waals surface area contributed by atoms with E-state index in [1.807, 2.05) is 0 Å². The molecule has 6 nitrogen and oxygen atoms in total. The highest BCUT2D eigenvalue weighted by molar-refractivity contribution is 5.71. The summed E-state index contributed by atoms with van der Waals surface area (Å²) >= 11 is 0. The summed E-state index contributed by atoms with van der Waals surface area (Å²) in [5, 5.41) is 0. The lowest BCUT2D eigenvalue weighted by atomic mass is 10.0. The summed E-state index contributed by atoms with van der Waals surface area (Å²) in [6.07, 6.45) is 82.3. The lowest BCUT2D eigenvalue weighted by molar-refractivity contribution is -0.167. The second-order valence-electron chi connectivity index (χ2n) is 22.4. The molecule has 442 valence electrons. The molecule has 1 atom stereocenters. The van der Waals surface area contributed by atoms with Gasteiger partial charge < -0.3 is 14.2 Å². The van der Waals surface area contributed by atoms with Crippen molar-refractivity contribution in [2.75, 3.05) is 13.2 Å². The van der Waals surface area contributed by atoms with Crippen LogP contribution in [0.15, 0.2) is 60.8 Å². The van der Waals surface area contributed by atoms with E-state index in [0.717, 1.165) is 77.0 Å². The van der Waals surface area contributed by atoms with Crippen LogP contribution in [-0.4, -0.2) is 37.2 Å². The van der Waals surface area contributed by atoms with Crippen molar-refractivity contribution in [1.29, 1.82) is 0 Å². The molecule has 0 saturated carbocycles. The summed E-state index contributed by atoms with van der Waals surface area (Å²) in [5.74, 6) is -0.872. The summed E-state index contributed by atoms with van der Waals surface area (Å²) in [7, 11) is 0. The van der Waals surface area contributed by atoms with Crippen LogP contribution in [0, 0.1) is 0 Å². The molecule has 0 spiro atoms. The number of carbonyl (C=O) groups excluding carboxylic acids is 3. The van der Waals surface area contributed by atoms with Gasteiger partial charge in [-0.05, 0) is 109 Å². The first-order chi connectivity index (χ1) is 37.5. The molecule has 76 heavy (non-hydrogen) atoms. The molecule has 0 rings (SSSR count). The van der Waals surface area contributed by atoms with Gasteiger partial charge in [0.15, 0.2) is 6.10 Å². The largest absolute Gasteiger partial charge is 0.462 e. The number of carbonyl (C=O) groups is 3. The number of unbranched alkanes of at least 4 members (excludes halogenated alkanes) is 40. The molecule has 0 radical (unpaired) electrons. The molecule has 0 aliphatic heterocycles. The molecule has 0 heterocycles. The van der Waals surface area contributed by atoms with Crippen LogP contribution in [-0.2, 0) is 28.6 Å². The monoisotopic (exact) mass is 1060 g/mol. The van der Waals surface area contributed by atoms with Gasteiger partial charge in [-0.2, -0.15) is 0 Å². The third-order valence-corrected chi connectivity index (χ3v) is 14.7. The Kier molecular flexibility index (Phi) is 62.2. The first-order valence-corrected chi connectivity index (χ1v) is 33.3. The normalized spacial score (nSPS) is 12.4. The van der Waals surface area contributed by atoms with E-state index in [9.17, 15) is 14.4 Å². The van der Waals surface area contributed by atoms with Crippen molar-refractivity contribution in [2.24, 2.45) is 0 Å². The van der Waals surface area contributed by atoms with E-state index in [4.69, 9.17) is 14.2 Å². The summed E-state index contributed by atoms with van der Waals surface area (Å²) in [6, 6.07) is 0. The molecule has 0 amide bonds. The van der Waals surface area contributed by atoms with Gasteiger partial charge in [0.25, 0.3) is 0 Å². The zero-order valence-electron chi connectivity index (χ0n) is 50.8. The standard InChI is InChI=1S/C70H126O6/c1-4-7-10-13-16-19-22-25-28-30-32-33-34-35-36-37-39-40-42-45-48-51-54-57-60-63-69(72)75-66-67(65-74-68(71)62-59-56-53-50-47-44-27-24-21-18-15-12-9-6-3)76-70(73)64-61-58-55-52-49-46-43-41-38-31-29-26-23-20-17-14-11-8-5-2/h17,20,22,24-27,29-30,32,67H,4-16,18-19,21,23,28,31,33-66H2,1-3H3/b20-17-,25-22-,27-24-,29-26-,32-30-. The third-order valence-electron chi connectivity index (χ3n) is 14.7. The average Bonchev–Trinajstić information content (AvgIpc) is 3.42. The van der Waals surface area contributed by atoms with Crippen LogP contribution in [0.25, 0.3) is 0 Å². The fourth-order valence-corrected chi connectivity index (χ4v) is 9.68. The van der Waals surface area contributed by atoms with Gasteiger partial charge in [0.2, 0.25) is 0 Å². The molecular weight excluding hydrogens is 937 g/mol. The maximum Gasteiger partial charge on any atom is 0.306 e. The van der Waals surface area contributed by atoms with Gasteiger partial charge in [-0.25, -0.2) is 0 Å². The van der Waals surface area contributed by atoms with Crippen LogP contribution in [0.4, 0.5) is 0 Å². The van der Waals surface area contributed by atoms with Gasteiger partial charge in [0.05, 0.1) is 0 Å². The van der Waals surface area contributed by atoms with Crippen LogP contribution >= 0.6 is 0 Å². The molecule has 0 aromatic carbocycles. The Hall–Kier alpha value is -2.89. The highest BCUT2D eigenvalue weighted by atomic mass is 16.6. The molecule has 0 aromatic rings. The van der Waals surface area contributed by atoms with Gasteiger partial charge in [-0.3, -0.25) is 14.4 Å². The zero-order chi connectivity index (χ0) is 55.0. The molecule has 6 heteroatoms. The minimum absolute atomic E-state index is 0.0766. The number of esters is 3. The van der Waals surface area contributed by atoms with Crippen molar-refractivity contribution < 1.29 is 28.6 Å². The van der Waals surface area contributed by atoms with E-state index in [-0.39, 0.29) is 31.1 Å². The van der Waals surface area contributed by atoms with E-state index in [1.54, 1.807) is 0 Å². The van der Waals surface area contributed by atoms with Crippen LogP contribution in [0.3, 0.4) is 0 Å². The second kappa shape index (κ2) is 64.6. The van der Waals surface area contributed by atoms with Gasteiger partial charge in [0, 0.05) is 19.3 Å². The van der Waals surface area contributed by atoms with E-state index in [1.165, 1.54) is 231 Å². The Balaban J connectivity index is 4.30. The molecule has 0 aliphatic carbocycles. The smallest absolute Gasteiger partial charge is 0.306 e. The van der Waals surface area contributed by atoms with Crippen LogP contribution in [0.1, 0.15) is 348 Å². The van der Waals surface area contributed by atoms with E-state index < -0.39 is 6.10 Å². The first kappa shape index (κ1) is 73.1. The quantitative estimate of drug-likeness (QED) is 0.0261. The summed E-state index contributed by atoms with van der Waals surface area (Å²) < 4.78 is 16.9. The minimum Gasteiger partial charge on any atom is -0.462 e. The SMILES string of the molecule is CCCCC/C=C\C/C=C\CCCCCCCCCCCC(=O)OC(COC(=O)CCCCCCC/C=C\CCCCCCC)COC(=O)CCCCCCCCCCCCCCC/C=C\C/C=C\CCCCCCC. The average molecular weight is 1060 g/mol. The van der Waals surface area contributed by atoms with Crippen LogP contribution in [0.2, 0.25) is 0 Å². The fourth-order valence-electron chi connectivity index (χ4n) is 9.68. The molecule has 0 N–H and O–H groups in total. The Labute approximate surface area is 472 Å². The number of hydrogen-bond acceptors (Lipinski definition) is 6. The Morgan fingerprint density at radius 3 is 0.763 bits per heavy atom. The van der Waals surface area contributed by atoms with Gasteiger partial charge >= 0.3 is 17.9 Å². The number of hydrogen-bond donors (Lipinski definition) is 0. The van der Waals surface area contributed by atoms with Crippen LogP contribution < -0.4 is 0 Å². The predicted octanol–water partition coefficient (Wildman–Crippen LogP) is 22.7. The molecular formula is C70H126O6. The van der Waals surface area contributed by atoms with Crippen molar-refractivity contribution in [2.45, 2.75) is 354 Å². The van der Waals surface area contributed by atoms with E-state index in [2.05, 4.69) is 81.5 Å². The lowest BCUT2D eigenvalue weighted by Gasteiger charge is -2.18. The molecule has 0 aromatic heterocycles. The molecule has 0 fully saturated rings. The molecule has 0 aliphatic rings. The highest BCUT2D eigenvalue weighted by Crippen LogP contribution is 2.17. The van der Waals surface area contributed by atoms with Crippen molar-refractivity contribution >= 4 is 17.9 Å². The highest BCUT2D eigenvalue weighted by Gasteiger charge is 2.19. The molecule has 1 unspecified atom stereocenters. The maximum atomic E-state index is 12.9. The van der Waals surface area contributed by atoms with Gasteiger partial charge in [-0.1, -0.05) is 281 Å². The topological polar surface area (TPSA) is 78.9 Å².